The van der Waals surface area contributed by atoms with Crippen LogP contribution in [-0.2, 0) is 10.5 Å². The van der Waals surface area contributed by atoms with Crippen LogP contribution in [0.2, 0.25) is 0 Å². The molecule has 4 heteroatoms. The number of nitrogens with one attached hydrogen (secondary N) is 1. The lowest BCUT2D eigenvalue weighted by atomic mass is 9.94. The molecule has 1 unspecified atom stereocenters. The van der Waals surface area contributed by atoms with Crippen molar-refractivity contribution >= 4 is 17.7 Å². The maximum absolute atomic E-state index is 11.5. The number of benzene rings is 1. The molecule has 0 aliphatic carbocycles. The fraction of sp³-hybridized carbons (Fsp3) is 0.588. The molecule has 0 bridgehead atoms. The van der Waals surface area contributed by atoms with E-state index in [1.807, 2.05) is 25.6 Å². The van der Waals surface area contributed by atoms with Crippen molar-refractivity contribution in [2.75, 3.05) is 12.3 Å². The second-order valence-electron chi connectivity index (χ2n) is 5.73. The zero-order chi connectivity index (χ0) is 15.7. The van der Waals surface area contributed by atoms with Gasteiger partial charge in [0.25, 0.3) is 0 Å². The summed E-state index contributed by atoms with van der Waals surface area (Å²) in [5, 5.41) is 3.20. The average molecular weight is 308 g/mol. The molecule has 0 saturated carbocycles. The summed E-state index contributed by atoms with van der Waals surface area (Å²) in [6, 6.07) is 8.65. The van der Waals surface area contributed by atoms with Crippen molar-refractivity contribution in [3.8, 4) is 0 Å². The van der Waals surface area contributed by atoms with Crippen molar-refractivity contribution < 1.29 is 4.79 Å². The predicted molar refractivity (Wildman–Crippen MR) is 92.5 cm³/mol. The zero-order valence-electron chi connectivity index (χ0n) is 13.4. The summed E-state index contributed by atoms with van der Waals surface area (Å²) in [5.74, 6) is 1.92. The Morgan fingerprint density at radius 3 is 2.76 bits per heavy atom. The van der Waals surface area contributed by atoms with Crippen LogP contribution in [0.1, 0.15) is 44.2 Å². The lowest BCUT2D eigenvalue weighted by molar-refractivity contribution is -0.124. The van der Waals surface area contributed by atoms with E-state index in [0.29, 0.717) is 0 Å². The minimum atomic E-state index is -0.560. The van der Waals surface area contributed by atoms with Crippen molar-refractivity contribution in [1.29, 1.82) is 0 Å². The minimum Gasteiger partial charge on any atom is -0.368 e. The van der Waals surface area contributed by atoms with Gasteiger partial charge in [-0.25, -0.2) is 0 Å². The summed E-state index contributed by atoms with van der Waals surface area (Å²) in [7, 11) is 0. The van der Waals surface area contributed by atoms with E-state index in [0.717, 1.165) is 37.3 Å². The van der Waals surface area contributed by atoms with Crippen LogP contribution in [0.15, 0.2) is 24.3 Å². The van der Waals surface area contributed by atoms with Gasteiger partial charge in [0, 0.05) is 5.75 Å². The molecule has 0 aliphatic heterocycles. The number of aryl methyl sites for hydroxylation is 1. The molecule has 0 aliphatic rings. The van der Waals surface area contributed by atoms with Gasteiger partial charge in [-0.1, -0.05) is 43.2 Å². The fourth-order valence-electron chi connectivity index (χ4n) is 2.36. The number of primary amides is 1. The molecule has 3 N–H and O–H groups in total. The van der Waals surface area contributed by atoms with Gasteiger partial charge in [0.15, 0.2) is 0 Å². The lowest BCUT2D eigenvalue weighted by Gasteiger charge is -2.26. The van der Waals surface area contributed by atoms with E-state index in [1.165, 1.54) is 11.1 Å². The molecule has 0 spiro atoms. The molecule has 0 radical (unpaired) electrons. The van der Waals surface area contributed by atoms with Crippen LogP contribution in [0, 0.1) is 6.92 Å². The van der Waals surface area contributed by atoms with Crippen molar-refractivity contribution in [2.45, 2.75) is 51.3 Å². The summed E-state index contributed by atoms with van der Waals surface area (Å²) >= 11 is 1.95. The second-order valence-corrected chi connectivity index (χ2v) is 6.83. The smallest absolute Gasteiger partial charge is 0.237 e. The van der Waals surface area contributed by atoms with Gasteiger partial charge >= 0.3 is 0 Å². The summed E-state index contributed by atoms with van der Waals surface area (Å²) < 4.78 is 0. The Morgan fingerprint density at radius 1 is 1.38 bits per heavy atom. The molecule has 1 aromatic carbocycles. The van der Waals surface area contributed by atoms with Crippen LogP contribution in [0.4, 0.5) is 0 Å². The van der Waals surface area contributed by atoms with Crippen LogP contribution in [0.3, 0.4) is 0 Å². The van der Waals surface area contributed by atoms with Gasteiger partial charge < -0.3 is 11.1 Å². The summed E-state index contributed by atoms with van der Waals surface area (Å²) in [5.41, 5.74) is 7.62. The molecule has 118 valence electrons. The van der Waals surface area contributed by atoms with Gasteiger partial charge in [0.1, 0.15) is 0 Å². The first-order chi connectivity index (χ1) is 9.98. The molecule has 1 rings (SSSR count). The summed E-state index contributed by atoms with van der Waals surface area (Å²) in [4.78, 5) is 11.5. The first-order valence-electron chi connectivity index (χ1n) is 7.66. The Morgan fingerprint density at radius 2 is 2.14 bits per heavy atom. The monoisotopic (exact) mass is 308 g/mol. The number of carbonyl (C=O) groups excluding carboxylic acids is 1. The van der Waals surface area contributed by atoms with Gasteiger partial charge in [-0.05, 0) is 44.6 Å². The van der Waals surface area contributed by atoms with Gasteiger partial charge in [-0.15, -0.1) is 0 Å². The minimum absolute atomic E-state index is 0.253. The Labute approximate surface area is 133 Å². The average Bonchev–Trinajstić information content (AvgIpc) is 2.43. The molecule has 0 saturated heterocycles. The SMILES string of the molecule is CCNC(C)(CCCCSCc1cccc(C)c1)C(N)=O. The summed E-state index contributed by atoms with van der Waals surface area (Å²) in [6.07, 6.45) is 2.94. The third kappa shape index (κ3) is 6.53. The van der Waals surface area contributed by atoms with Gasteiger partial charge in [-0.3, -0.25) is 4.79 Å². The van der Waals surface area contributed by atoms with Gasteiger partial charge in [0.2, 0.25) is 5.91 Å². The molecule has 21 heavy (non-hydrogen) atoms. The predicted octanol–water partition coefficient (Wildman–Crippen LogP) is 3.25. The first kappa shape index (κ1) is 18.1. The number of hydrogen-bond acceptors (Lipinski definition) is 3. The van der Waals surface area contributed by atoms with E-state index in [9.17, 15) is 4.79 Å². The number of thioether (sulfide) groups is 1. The third-order valence-corrected chi connectivity index (χ3v) is 4.79. The van der Waals surface area contributed by atoms with Crippen LogP contribution in [0.5, 0.6) is 0 Å². The van der Waals surface area contributed by atoms with Crippen molar-refractivity contribution in [3.63, 3.8) is 0 Å². The fourth-order valence-corrected chi connectivity index (χ4v) is 3.33. The number of amides is 1. The standard InChI is InChI=1S/C17H28N2OS/c1-4-19-17(3,16(18)20)10-5-6-11-21-13-15-9-7-8-14(2)12-15/h7-9,12,19H,4-6,10-11,13H2,1-3H3,(H2,18,20). The van der Waals surface area contributed by atoms with Crippen LogP contribution >= 0.6 is 11.8 Å². The molecule has 1 aromatic rings. The number of nitrogens with two attached hydrogens (primary N) is 1. The number of carbonyl (C=O) groups is 1. The number of unbranched alkanes of at least 4 members (excludes halogenated alkanes) is 1. The normalized spacial score (nSPS) is 13.9. The van der Waals surface area contributed by atoms with Crippen LogP contribution < -0.4 is 11.1 Å². The maximum Gasteiger partial charge on any atom is 0.237 e. The molecule has 1 atom stereocenters. The largest absolute Gasteiger partial charge is 0.368 e. The highest BCUT2D eigenvalue weighted by Crippen LogP contribution is 2.18. The van der Waals surface area contributed by atoms with E-state index in [-0.39, 0.29) is 5.91 Å². The van der Waals surface area contributed by atoms with Crippen molar-refractivity contribution in [2.24, 2.45) is 5.73 Å². The van der Waals surface area contributed by atoms with E-state index in [2.05, 4.69) is 36.5 Å². The maximum atomic E-state index is 11.5. The van der Waals surface area contributed by atoms with Crippen LogP contribution in [-0.4, -0.2) is 23.7 Å². The summed E-state index contributed by atoms with van der Waals surface area (Å²) in [6.45, 7) is 6.79. The molecule has 1 amide bonds. The quantitative estimate of drug-likeness (QED) is 0.652. The highest BCUT2D eigenvalue weighted by Gasteiger charge is 2.28. The third-order valence-electron chi connectivity index (χ3n) is 3.68. The van der Waals surface area contributed by atoms with E-state index < -0.39 is 5.54 Å². The highest BCUT2D eigenvalue weighted by atomic mass is 32.2. The van der Waals surface area contributed by atoms with E-state index in [1.54, 1.807) is 0 Å². The number of likely N-dealkylation sites (N-methyl/N-ethyl adjacent to an activating group) is 1. The molecule has 0 fully saturated rings. The van der Waals surface area contributed by atoms with Gasteiger partial charge in [0.05, 0.1) is 5.54 Å². The zero-order valence-corrected chi connectivity index (χ0v) is 14.3. The molecular weight excluding hydrogens is 280 g/mol. The van der Waals surface area contributed by atoms with E-state index >= 15 is 0 Å². The molecular formula is C17H28N2OS. The van der Waals surface area contributed by atoms with Crippen molar-refractivity contribution in [3.05, 3.63) is 35.4 Å². The van der Waals surface area contributed by atoms with Gasteiger partial charge in [-0.2, -0.15) is 11.8 Å². The number of hydrogen-bond donors (Lipinski definition) is 2. The molecule has 0 aromatic heterocycles. The van der Waals surface area contributed by atoms with Crippen LogP contribution in [0.25, 0.3) is 0 Å². The first-order valence-corrected chi connectivity index (χ1v) is 8.81. The number of rotatable bonds is 10. The highest BCUT2D eigenvalue weighted by molar-refractivity contribution is 7.98. The Kier molecular flexibility index (Phi) is 7.83. The molecule has 0 heterocycles. The Bertz CT molecular complexity index is 450. The topological polar surface area (TPSA) is 55.1 Å². The van der Waals surface area contributed by atoms with Crippen molar-refractivity contribution in [1.82, 2.24) is 5.32 Å². The Balaban J connectivity index is 2.21. The van der Waals surface area contributed by atoms with E-state index in [4.69, 9.17) is 5.73 Å². The lowest BCUT2D eigenvalue weighted by Crippen LogP contribution is -2.52. The Hall–Kier alpha value is -1.00. The second kappa shape index (κ2) is 9.11. The molecule has 3 nitrogen and oxygen atoms in total.